The number of carbonyl (C=O) groups excluding carboxylic acids is 1. The molecule has 0 spiro atoms. The molecule has 1 aromatic heterocycles. The zero-order valence-corrected chi connectivity index (χ0v) is 13.8. The third-order valence-electron chi connectivity index (χ3n) is 3.19. The average molecular weight is 303 g/mol. The van der Waals surface area contributed by atoms with Crippen molar-refractivity contribution in [3.8, 4) is 5.75 Å². The second-order valence-electron chi connectivity index (χ2n) is 5.31. The molecule has 2 aromatic rings. The van der Waals surface area contributed by atoms with Gasteiger partial charge in [-0.2, -0.15) is 0 Å². The van der Waals surface area contributed by atoms with Crippen LogP contribution in [-0.4, -0.2) is 31.0 Å². The fourth-order valence-corrected chi connectivity index (χ4v) is 3.02. The third kappa shape index (κ3) is 4.33. The molecule has 0 unspecified atom stereocenters. The molecule has 0 N–H and O–H groups in total. The van der Waals surface area contributed by atoms with E-state index in [9.17, 15) is 4.79 Å². The molecule has 1 heterocycles. The van der Waals surface area contributed by atoms with Gasteiger partial charge in [-0.05, 0) is 56.2 Å². The number of hydrogen-bond acceptors (Lipinski definition) is 3. The molecule has 21 heavy (non-hydrogen) atoms. The summed E-state index contributed by atoms with van der Waals surface area (Å²) in [6, 6.07) is 9.98. The van der Waals surface area contributed by atoms with Gasteiger partial charge in [0.05, 0.1) is 11.4 Å². The maximum atomic E-state index is 12.2. The van der Waals surface area contributed by atoms with Gasteiger partial charge in [-0.25, -0.2) is 0 Å². The van der Waals surface area contributed by atoms with Gasteiger partial charge in [0.25, 0.3) is 5.91 Å². The Balaban J connectivity index is 1.86. The number of likely N-dealkylation sites (N-methyl/N-ethyl adjacent to an activating group) is 1. The maximum absolute atomic E-state index is 12.2. The number of benzene rings is 1. The topological polar surface area (TPSA) is 29.5 Å². The quantitative estimate of drug-likeness (QED) is 0.840. The molecule has 0 saturated heterocycles. The highest BCUT2D eigenvalue weighted by molar-refractivity contribution is 7.13. The first-order valence-corrected chi connectivity index (χ1v) is 7.80. The first-order chi connectivity index (χ1) is 9.95. The second kappa shape index (κ2) is 6.76. The number of ether oxygens (including phenoxy) is 1. The van der Waals surface area contributed by atoms with Gasteiger partial charge in [0.15, 0.2) is 0 Å². The maximum Gasteiger partial charge on any atom is 0.263 e. The van der Waals surface area contributed by atoms with E-state index in [2.05, 4.69) is 19.9 Å². The van der Waals surface area contributed by atoms with Crippen molar-refractivity contribution in [2.75, 3.05) is 20.2 Å². The second-order valence-corrected chi connectivity index (χ2v) is 6.60. The Hall–Kier alpha value is -1.81. The van der Waals surface area contributed by atoms with Crippen molar-refractivity contribution in [2.24, 2.45) is 0 Å². The minimum absolute atomic E-state index is 0.0529. The molecule has 1 amide bonds. The molecule has 2 rings (SSSR count). The molecule has 0 fully saturated rings. The number of rotatable bonds is 5. The number of aryl methyl sites for hydroxylation is 3. The number of carbonyl (C=O) groups is 1. The minimum Gasteiger partial charge on any atom is -0.492 e. The monoisotopic (exact) mass is 303 g/mol. The number of nitrogens with zero attached hydrogens (tertiary/aromatic N) is 1. The van der Waals surface area contributed by atoms with Crippen LogP contribution in [0.5, 0.6) is 5.75 Å². The van der Waals surface area contributed by atoms with Crippen molar-refractivity contribution >= 4 is 17.2 Å². The minimum atomic E-state index is 0.0529. The first kappa shape index (κ1) is 15.6. The van der Waals surface area contributed by atoms with Crippen LogP contribution >= 0.6 is 11.3 Å². The van der Waals surface area contributed by atoms with E-state index in [4.69, 9.17) is 4.74 Å². The van der Waals surface area contributed by atoms with E-state index in [0.29, 0.717) is 13.2 Å². The van der Waals surface area contributed by atoms with Crippen LogP contribution < -0.4 is 4.74 Å². The smallest absolute Gasteiger partial charge is 0.263 e. The number of amides is 1. The van der Waals surface area contributed by atoms with E-state index in [1.54, 1.807) is 4.90 Å². The largest absolute Gasteiger partial charge is 0.492 e. The Morgan fingerprint density at radius 3 is 2.38 bits per heavy atom. The molecule has 112 valence electrons. The van der Waals surface area contributed by atoms with Gasteiger partial charge in [0.2, 0.25) is 0 Å². The van der Waals surface area contributed by atoms with Crippen LogP contribution in [0.15, 0.2) is 30.3 Å². The van der Waals surface area contributed by atoms with Crippen molar-refractivity contribution in [2.45, 2.75) is 20.8 Å². The highest BCUT2D eigenvalue weighted by atomic mass is 32.1. The van der Waals surface area contributed by atoms with E-state index in [-0.39, 0.29) is 5.91 Å². The Morgan fingerprint density at radius 2 is 1.81 bits per heavy atom. The van der Waals surface area contributed by atoms with Crippen LogP contribution in [-0.2, 0) is 0 Å². The van der Waals surface area contributed by atoms with Gasteiger partial charge < -0.3 is 9.64 Å². The lowest BCUT2D eigenvalue weighted by Gasteiger charge is -2.17. The van der Waals surface area contributed by atoms with E-state index in [1.165, 1.54) is 22.5 Å². The van der Waals surface area contributed by atoms with Gasteiger partial charge in [0, 0.05) is 11.9 Å². The number of thiophene rings is 1. The predicted molar refractivity (Wildman–Crippen MR) is 87.4 cm³/mol. The van der Waals surface area contributed by atoms with Crippen LogP contribution in [0.1, 0.15) is 25.7 Å². The van der Waals surface area contributed by atoms with E-state index < -0.39 is 0 Å². The van der Waals surface area contributed by atoms with Crippen molar-refractivity contribution in [3.63, 3.8) is 0 Å². The summed E-state index contributed by atoms with van der Waals surface area (Å²) in [5, 5.41) is 0. The van der Waals surface area contributed by atoms with Crippen molar-refractivity contribution in [1.82, 2.24) is 4.90 Å². The molecule has 0 atom stereocenters. The van der Waals surface area contributed by atoms with Gasteiger partial charge in [-0.15, -0.1) is 11.3 Å². The molecule has 0 aliphatic heterocycles. The lowest BCUT2D eigenvalue weighted by atomic mass is 10.1. The Kier molecular flexibility index (Phi) is 5.02. The fourth-order valence-electron chi connectivity index (χ4n) is 2.16. The predicted octanol–water partition coefficient (Wildman–Crippen LogP) is 3.82. The molecule has 3 nitrogen and oxygen atoms in total. The molecule has 4 heteroatoms. The lowest BCUT2D eigenvalue weighted by molar-refractivity contribution is 0.0778. The summed E-state index contributed by atoms with van der Waals surface area (Å²) in [6.07, 6.45) is 0. The lowest BCUT2D eigenvalue weighted by Crippen LogP contribution is -2.30. The number of hydrogen-bond donors (Lipinski definition) is 0. The van der Waals surface area contributed by atoms with Gasteiger partial charge in [0.1, 0.15) is 12.4 Å². The normalized spacial score (nSPS) is 10.5. The summed E-state index contributed by atoms with van der Waals surface area (Å²) >= 11 is 1.53. The van der Waals surface area contributed by atoms with E-state index >= 15 is 0 Å². The van der Waals surface area contributed by atoms with Crippen LogP contribution in [0, 0.1) is 20.8 Å². The summed E-state index contributed by atoms with van der Waals surface area (Å²) in [6.45, 7) is 7.17. The molecule has 0 aliphatic rings. The van der Waals surface area contributed by atoms with Crippen LogP contribution in [0.25, 0.3) is 0 Å². The summed E-state index contributed by atoms with van der Waals surface area (Å²) < 4.78 is 5.74. The van der Waals surface area contributed by atoms with Gasteiger partial charge in [-0.3, -0.25) is 4.79 Å². The molecular formula is C17H21NO2S. The summed E-state index contributed by atoms with van der Waals surface area (Å²) in [7, 11) is 1.81. The van der Waals surface area contributed by atoms with Crippen LogP contribution in [0.2, 0.25) is 0 Å². The summed E-state index contributed by atoms with van der Waals surface area (Å²) in [4.78, 5) is 15.8. The Bertz CT molecular complexity index is 613. The molecule has 1 aromatic carbocycles. The highest BCUT2D eigenvalue weighted by Gasteiger charge is 2.13. The van der Waals surface area contributed by atoms with Crippen LogP contribution in [0.4, 0.5) is 0 Å². The average Bonchev–Trinajstić information content (AvgIpc) is 2.83. The zero-order valence-electron chi connectivity index (χ0n) is 13.0. The molecular weight excluding hydrogens is 282 g/mol. The zero-order chi connectivity index (χ0) is 15.4. The SMILES string of the molecule is Cc1cc(C)cc(OCCN(C)C(=O)c2ccc(C)s2)c1. The third-order valence-corrected chi connectivity index (χ3v) is 4.18. The van der Waals surface area contributed by atoms with Crippen molar-refractivity contribution in [3.05, 3.63) is 51.2 Å². The highest BCUT2D eigenvalue weighted by Crippen LogP contribution is 2.18. The first-order valence-electron chi connectivity index (χ1n) is 6.98. The van der Waals surface area contributed by atoms with E-state index in [0.717, 1.165) is 15.5 Å². The molecule has 0 aliphatic carbocycles. The Morgan fingerprint density at radius 1 is 1.14 bits per heavy atom. The summed E-state index contributed by atoms with van der Waals surface area (Å²) in [5.74, 6) is 0.914. The van der Waals surface area contributed by atoms with Crippen molar-refractivity contribution < 1.29 is 9.53 Å². The standard InChI is InChI=1S/C17H21NO2S/c1-12-9-13(2)11-15(10-12)20-8-7-18(4)17(19)16-6-5-14(3)21-16/h5-6,9-11H,7-8H2,1-4H3. The molecule has 0 radical (unpaired) electrons. The fraction of sp³-hybridized carbons (Fsp3) is 0.353. The summed E-state index contributed by atoms with van der Waals surface area (Å²) in [5.41, 5.74) is 2.37. The molecule has 0 saturated carbocycles. The van der Waals surface area contributed by atoms with Gasteiger partial charge in [-0.1, -0.05) is 6.07 Å². The van der Waals surface area contributed by atoms with Crippen LogP contribution in [0.3, 0.4) is 0 Å². The van der Waals surface area contributed by atoms with Gasteiger partial charge >= 0.3 is 0 Å². The van der Waals surface area contributed by atoms with E-state index in [1.807, 2.05) is 38.2 Å². The Labute approximate surface area is 130 Å². The molecule has 0 bridgehead atoms. The van der Waals surface area contributed by atoms with Crippen molar-refractivity contribution in [1.29, 1.82) is 0 Å².